The highest BCUT2D eigenvalue weighted by Crippen LogP contribution is 2.35. The van der Waals surface area contributed by atoms with Crippen LogP contribution >= 0.6 is 0 Å². The van der Waals surface area contributed by atoms with Gasteiger partial charge in [-0.3, -0.25) is 0 Å². The molecule has 3 rings (SSSR count). The van der Waals surface area contributed by atoms with Crippen molar-refractivity contribution in [3.8, 4) is 0 Å². The summed E-state index contributed by atoms with van der Waals surface area (Å²) in [5, 5.41) is 0. The summed E-state index contributed by atoms with van der Waals surface area (Å²) in [6.07, 6.45) is 1.87. The minimum absolute atomic E-state index is 0.152. The van der Waals surface area contributed by atoms with Crippen LogP contribution in [0.5, 0.6) is 0 Å². The molecule has 0 aromatic heterocycles. The molecule has 0 spiro atoms. The summed E-state index contributed by atoms with van der Waals surface area (Å²) in [6.45, 7) is 12.7. The van der Waals surface area contributed by atoms with E-state index in [0.717, 1.165) is 22.6 Å². The van der Waals surface area contributed by atoms with E-state index in [0.29, 0.717) is 0 Å². The fraction of sp³-hybridized carbons (Fsp3) is 0.200. The van der Waals surface area contributed by atoms with E-state index in [1.807, 2.05) is 6.08 Å². The molecule has 3 aromatic rings. The lowest BCUT2D eigenvalue weighted by atomic mass is 9.87. The summed E-state index contributed by atoms with van der Waals surface area (Å²) in [4.78, 5) is 2.29. The van der Waals surface area contributed by atoms with E-state index in [-0.39, 0.29) is 5.41 Å². The highest BCUT2D eigenvalue weighted by molar-refractivity contribution is 5.77. The first-order chi connectivity index (χ1) is 12.4. The molecule has 0 atom stereocenters. The maximum absolute atomic E-state index is 3.85. The van der Waals surface area contributed by atoms with E-state index in [4.69, 9.17) is 0 Å². The van der Waals surface area contributed by atoms with Gasteiger partial charge in [-0.1, -0.05) is 75.4 Å². The summed E-state index contributed by atoms with van der Waals surface area (Å²) in [7, 11) is 0. The summed E-state index contributed by atoms with van der Waals surface area (Å²) in [5.41, 5.74) is 7.34. The Hall–Kier alpha value is -2.80. The molecule has 0 bridgehead atoms. The van der Waals surface area contributed by atoms with Crippen molar-refractivity contribution >= 4 is 23.1 Å². The molecule has 0 radical (unpaired) electrons. The van der Waals surface area contributed by atoms with Crippen LogP contribution in [0.15, 0.2) is 79.4 Å². The van der Waals surface area contributed by atoms with Crippen molar-refractivity contribution in [2.24, 2.45) is 0 Å². The predicted molar refractivity (Wildman–Crippen MR) is 115 cm³/mol. The molecule has 0 fully saturated rings. The zero-order valence-electron chi connectivity index (χ0n) is 16.2. The van der Waals surface area contributed by atoms with Gasteiger partial charge in [-0.05, 0) is 59.9 Å². The predicted octanol–water partition coefficient (Wildman–Crippen LogP) is 7.41. The van der Waals surface area contributed by atoms with Crippen LogP contribution in [0.2, 0.25) is 0 Å². The number of benzene rings is 3. The van der Waals surface area contributed by atoms with E-state index >= 15 is 0 Å². The van der Waals surface area contributed by atoms with Crippen molar-refractivity contribution in [1.82, 2.24) is 0 Å². The van der Waals surface area contributed by atoms with Crippen molar-refractivity contribution in [3.63, 3.8) is 0 Å². The third-order valence-electron chi connectivity index (χ3n) is 4.67. The van der Waals surface area contributed by atoms with Gasteiger partial charge in [0.15, 0.2) is 0 Å². The van der Waals surface area contributed by atoms with Crippen LogP contribution < -0.4 is 4.90 Å². The standard InChI is InChI=1S/C25H27N/c1-6-20-9-15-23(16-10-20)26(22-13-7-19(2)8-14-22)24-17-11-21(12-18-24)25(3,4)5/h6-18H,1H2,2-5H3. The van der Waals surface area contributed by atoms with Crippen LogP contribution in [0.3, 0.4) is 0 Å². The maximum atomic E-state index is 3.85. The molecule has 0 unspecified atom stereocenters. The Labute approximate surface area is 157 Å². The van der Waals surface area contributed by atoms with Gasteiger partial charge >= 0.3 is 0 Å². The molecule has 132 valence electrons. The molecule has 26 heavy (non-hydrogen) atoms. The molecular formula is C25H27N. The fourth-order valence-corrected chi connectivity index (χ4v) is 3.01. The SMILES string of the molecule is C=Cc1ccc(N(c2ccc(C)cc2)c2ccc(C(C)(C)C)cc2)cc1. The topological polar surface area (TPSA) is 3.24 Å². The smallest absolute Gasteiger partial charge is 0.0462 e. The van der Waals surface area contributed by atoms with Crippen molar-refractivity contribution in [1.29, 1.82) is 0 Å². The largest absolute Gasteiger partial charge is 0.311 e. The van der Waals surface area contributed by atoms with E-state index in [9.17, 15) is 0 Å². The van der Waals surface area contributed by atoms with Gasteiger partial charge in [-0.15, -0.1) is 0 Å². The first kappa shape index (κ1) is 18.0. The molecule has 0 aliphatic rings. The molecule has 0 aliphatic carbocycles. The van der Waals surface area contributed by atoms with Gasteiger partial charge in [-0.2, -0.15) is 0 Å². The molecule has 1 heteroatoms. The van der Waals surface area contributed by atoms with Gasteiger partial charge in [0.2, 0.25) is 0 Å². The van der Waals surface area contributed by atoms with Crippen LogP contribution in [-0.2, 0) is 5.41 Å². The molecule has 0 N–H and O–H groups in total. The third-order valence-corrected chi connectivity index (χ3v) is 4.67. The number of rotatable bonds is 4. The number of hydrogen-bond acceptors (Lipinski definition) is 1. The number of nitrogens with zero attached hydrogens (tertiary/aromatic N) is 1. The van der Waals surface area contributed by atoms with Gasteiger partial charge in [-0.25, -0.2) is 0 Å². The van der Waals surface area contributed by atoms with Crippen LogP contribution in [0, 0.1) is 6.92 Å². The van der Waals surface area contributed by atoms with Crippen LogP contribution in [0.25, 0.3) is 6.08 Å². The zero-order valence-corrected chi connectivity index (χ0v) is 16.2. The first-order valence-corrected chi connectivity index (χ1v) is 9.08. The van der Waals surface area contributed by atoms with Crippen molar-refractivity contribution < 1.29 is 0 Å². The first-order valence-electron chi connectivity index (χ1n) is 9.08. The van der Waals surface area contributed by atoms with Crippen LogP contribution in [0.1, 0.15) is 37.5 Å². The Morgan fingerprint density at radius 3 is 1.54 bits per heavy atom. The van der Waals surface area contributed by atoms with E-state index in [1.165, 1.54) is 11.1 Å². The average Bonchev–Trinajstić information content (AvgIpc) is 2.64. The summed E-state index contributed by atoms with van der Waals surface area (Å²) in [5.74, 6) is 0. The molecule has 0 saturated carbocycles. The quantitative estimate of drug-likeness (QED) is 0.477. The Morgan fingerprint density at radius 1 is 0.692 bits per heavy atom. The second-order valence-corrected chi connectivity index (χ2v) is 7.76. The second-order valence-electron chi connectivity index (χ2n) is 7.76. The maximum Gasteiger partial charge on any atom is 0.0462 e. The van der Waals surface area contributed by atoms with Gasteiger partial charge in [0.1, 0.15) is 0 Å². The Morgan fingerprint density at radius 2 is 1.12 bits per heavy atom. The summed E-state index contributed by atoms with van der Waals surface area (Å²) >= 11 is 0. The lowest BCUT2D eigenvalue weighted by Gasteiger charge is -2.27. The van der Waals surface area contributed by atoms with Crippen LogP contribution in [-0.4, -0.2) is 0 Å². The molecule has 0 saturated heterocycles. The van der Waals surface area contributed by atoms with Gasteiger partial charge in [0.05, 0.1) is 0 Å². The van der Waals surface area contributed by atoms with Gasteiger partial charge in [0, 0.05) is 17.1 Å². The normalized spacial score (nSPS) is 11.2. The Bertz CT molecular complexity index is 863. The van der Waals surface area contributed by atoms with E-state index < -0.39 is 0 Å². The van der Waals surface area contributed by atoms with Crippen molar-refractivity contribution in [3.05, 3.63) is 96.1 Å². The highest BCUT2D eigenvalue weighted by atomic mass is 15.1. The molecule has 1 nitrogen and oxygen atoms in total. The fourth-order valence-electron chi connectivity index (χ4n) is 3.01. The highest BCUT2D eigenvalue weighted by Gasteiger charge is 2.16. The van der Waals surface area contributed by atoms with E-state index in [2.05, 4.69) is 112 Å². The molecule has 0 aliphatic heterocycles. The number of anilines is 3. The minimum Gasteiger partial charge on any atom is -0.311 e. The average molecular weight is 341 g/mol. The van der Waals surface area contributed by atoms with Crippen LogP contribution in [0.4, 0.5) is 17.1 Å². The second kappa shape index (κ2) is 7.21. The van der Waals surface area contributed by atoms with Crippen molar-refractivity contribution in [2.75, 3.05) is 4.90 Å². The number of aryl methyl sites for hydroxylation is 1. The lowest BCUT2D eigenvalue weighted by molar-refractivity contribution is 0.590. The molecule has 0 heterocycles. The minimum atomic E-state index is 0.152. The Balaban J connectivity index is 2.07. The molecule has 0 amide bonds. The van der Waals surface area contributed by atoms with Gasteiger partial charge < -0.3 is 4.90 Å². The van der Waals surface area contributed by atoms with Crippen molar-refractivity contribution in [2.45, 2.75) is 33.1 Å². The zero-order chi connectivity index (χ0) is 18.7. The number of hydrogen-bond donors (Lipinski definition) is 0. The summed E-state index contributed by atoms with van der Waals surface area (Å²) < 4.78 is 0. The monoisotopic (exact) mass is 341 g/mol. The Kier molecular flexibility index (Phi) is 4.99. The third kappa shape index (κ3) is 3.88. The molecule has 3 aromatic carbocycles. The summed E-state index contributed by atoms with van der Waals surface area (Å²) in [6, 6.07) is 26.0. The molecular weight excluding hydrogens is 314 g/mol. The van der Waals surface area contributed by atoms with E-state index in [1.54, 1.807) is 0 Å². The van der Waals surface area contributed by atoms with Gasteiger partial charge in [0.25, 0.3) is 0 Å². The lowest BCUT2D eigenvalue weighted by Crippen LogP contribution is -2.13.